The molecule has 25 heavy (non-hydrogen) atoms. The van der Waals surface area contributed by atoms with E-state index < -0.39 is 5.82 Å². The van der Waals surface area contributed by atoms with Gasteiger partial charge in [0.1, 0.15) is 33.5 Å². The average Bonchev–Trinajstić information content (AvgIpc) is 3.08. The van der Waals surface area contributed by atoms with E-state index in [1.165, 1.54) is 29.8 Å². The highest BCUT2D eigenvalue weighted by atomic mass is 32.1. The van der Waals surface area contributed by atoms with Crippen LogP contribution in [0, 0.1) is 17.1 Å². The van der Waals surface area contributed by atoms with Gasteiger partial charge in [0.05, 0.1) is 11.8 Å². The highest BCUT2D eigenvalue weighted by molar-refractivity contribution is 7.21. The number of hydrogen-bond donors (Lipinski definition) is 0. The Balaban J connectivity index is 1.72. The molecule has 0 N–H and O–H groups in total. The van der Waals surface area contributed by atoms with Gasteiger partial charge >= 0.3 is 0 Å². The summed E-state index contributed by atoms with van der Waals surface area (Å²) in [5.74, 6) is -0.125. The standard InChI is InChI=1S/C18H9FN4OS/c19-13-3-1-2-4-16(13)24-15-6-5-11(7-12(15)8-20)17-23-14-9-21-10-22-18(14)25-17/h1-7,9-10H. The molecule has 0 atom stereocenters. The van der Waals surface area contributed by atoms with Crippen LogP contribution in [0.4, 0.5) is 4.39 Å². The van der Waals surface area contributed by atoms with E-state index in [1.807, 2.05) is 0 Å². The van der Waals surface area contributed by atoms with Crippen LogP contribution in [0.3, 0.4) is 0 Å². The lowest BCUT2D eigenvalue weighted by Gasteiger charge is -2.09. The lowest BCUT2D eigenvalue weighted by molar-refractivity contribution is 0.441. The molecule has 0 amide bonds. The Morgan fingerprint density at radius 3 is 2.80 bits per heavy atom. The van der Waals surface area contributed by atoms with Crippen molar-refractivity contribution in [3.05, 3.63) is 66.4 Å². The molecule has 0 aliphatic heterocycles. The molecule has 120 valence electrons. The molecule has 2 aromatic heterocycles. The molecule has 0 radical (unpaired) electrons. The number of fused-ring (bicyclic) bond motifs is 1. The van der Waals surface area contributed by atoms with Crippen LogP contribution in [0.15, 0.2) is 55.0 Å². The summed E-state index contributed by atoms with van der Waals surface area (Å²) in [5.41, 5.74) is 1.76. The molecular formula is C18H9FN4OS. The Labute approximate surface area is 146 Å². The fourth-order valence-electron chi connectivity index (χ4n) is 2.30. The Morgan fingerprint density at radius 2 is 2.00 bits per heavy atom. The molecule has 0 fully saturated rings. The van der Waals surface area contributed by atoms with Gasteiger partial charge in [-0.1, -0.05) is 23.5 Å². The molecular weight excluding hydrogens is 339 g/mol. The number of nitriles is 1. The van der Waals surface area contributed by atoms with Gasteiger partial charge in [0.25, 0.3) is 0 Å². The van der Waals surface area contributed by atoms with Gasteiger partial charge in [0, 0.05) is 5.56 Å². The minimum atomic E-state index is -0.486. The van der Waals surface area contributed by atoms with Gasteiger partial charge in [0.15, 0.2) is 11.6 Å². The number of hydrogen-bond acceptors (Lipinski definition) is 6. The Bertz CT molecular complexity index is 1090. The van der Waals surface area contributed by atoms with Crippen LogP contribution < -0.4 is 4.74 Å². The molecule has 0 aliphatic carbocycles. The predicted molar refractivity (Wildman–Crippen MR) is 91.8 cm³/mol. The van der Waals surface area contributed by atoms with Crippen molar-refractivity contribution in [1.29, 1.82) is 5.26 Å². The summed E-state index contributed by atoms with van der Waals surface area (Å²) in [6.45, 7) is 0. The second-order valence-corrected chi connectivity index (χ2v) is 6.06. The van der Waals surface area contributed by atoms with Crippen molar-refractivity contribution < 1.29 is 9.13 Å². The molecule has 2 aromatic carbocycles. The monoisotopic (exact) mass is 348 g/mol. The maximum atomic E-state index is 13.7. The summed E-state index contributed by atoms with van der Waals surface area (Å²) >= 11 is 1.41. The summed E-state index contributed by atoms with van der Waals surface area (Å²) in [7, 11) is 0. The van der Waals surface area contributed by atoms with Crippen LogP contribution in [0.1, 0.15) is 5.56 Å². The molecule has 0 bridgehead atoms. The lowest BCUT2D eigenvalue weighted by Crippen LogP contribution is -1.91. The fourth-order valence-corrected chi connectivity index (χ4v) is 3.17. The van der Waals surface area contributed by atoms with E-state index in [9.17, 15) is 9.65 Å². The van der Waals surface area contributed by atoms with Crippen molar-refractivity contribution in [3.8, 4) is 28.1 Å². The number of ether oxygens (including phenoxy) is 1. The summed E-state index contributed by atoms with van der Waals surface area (Å²) in [5, 5.41) is 10.1. The molecule has 5 nitrogen and oxygen atoms in total. The molecule has 4 aromatic rings. The largest absolute Gasteiger partial charge is 0.453 e. The van der Waals surface area contributed by atoms with Crippen LogP contribution in [-0.2, 0) is 0 Å². The predicted octanol–water partition coefficient (Wildman–Crippen LogP) is 4.56. The summed E-state index contributed by atoms with van der Waals surface area (Å²) in [6, 6.07) is 13.2. The maximum absolute atomic E-state index is 13.7. The number of para-hydroxylation sites is 1. The summed E-state index contributed by atoms with van der Waals surface area (Å²) in [4.78, 5) is 13.4. The number of aromatic nitrogens is 3. The first kappa shape index (κ1) is 15.2. The van der Waals surface area contributed by atoms with Gasteiger partial charge in [-0.2, -0.15) is 5.26 Å². The van der Waals surface area contributed by atoms with Crippen molar-refractivity contribution in [2.24, 2.45) is 0 Å². The first-order valence-electron chi connectivity index (χ1n) is 7.28. The van der Waals surface area contributed by atoms with E-state index in [4.69, 9.17) is 4.74 Å². The first-order chi connectivity index (χ1) is 12.2. The average molecular weight is 348 g/mol. The first-order valence-corrected chi connectivity index (χ1v) is 8.10. The lowest BCUT2D eigenvalue weighted by atomic mass is 10.1. The molecule has 0 aliphatic rings. The van der Waals surface area contributed by atoms with Crippen LogP contribution in [0.5, 0.6) is 11.5 Å². The van der Waals surface area contributed by atoms with Gasteiger partial charge < -0.3 is 4.74 Å². The zero-order valence-corrected chi connectivity index (χ0v) is 13.5. The van der Waals surface area contributed by atoms with Gasteiger partial charge in [-0.3, -0.25) is 0 Å². The van der Waals surface area contributed by atoms with Gasteiger partial charge in [-0.25, -0.2) is 19.3 Å². The SMILES string of the molecule is N#Cc1cc(-c2nc3cncnc3s2)ccc1Oc1ccccc1F. The second kappa shape index (κ2) is 6.26. The van der Waals surface area contributed by atoms with Crippen molar-refractivity contribution >= 4 is 21.7 Å². The van der Waals surface area contributed by atoms with Crippen LogP contribution in [0.2, 0.25) is 0 Å². The third-order valence-electron chi connectivity index (χ3n) is 3.48. The molecule has 0 saturated heterocycles. The Morgan fingerprint density at radius 1 is 1.12 bits per heavy atom. The van der Waals surface area contributed by atoms with Crippen molar-refractivity contribution in [2.45, 2.75) is 0 Å². The van der Waals surface area contributed by atoms with Crippen molar-refractivity contribution in [3.63, 3.8) is 0 Å². The molecule has 0 saturated carbocycles. The minimum absolute atomic E-state index is 0.0713. The zero-order valence-electron chi connectivity index (χ0n) is 12.7. The second-order valence-electron chi connectivity index (χ2n) is 5.09. The highest BCUT2D eigenvalue weighted by Gasteiger charge is 2.12. The minimum Gasteiger partial charge on any atom is -0.453 e. The zero-order chi connectivity index (χ0) is 17.2. The van der Waals surface area contributed by atoms with Gasteiger partial charge in [0.2, 0.25) is 0 Å². The van der Waals surface area contributed by atoms with E-state index >= 15 is 0 Å². The molecule has 2 heterocycles. The van der Waals surface area contributed by atoms with Gasteiger partial charge in [-0.15, -0.1) is 0 Å². The van der Waals surface area contributed by atoms with Crippen LogP contribution >= 0.6 is 11.3 Å². The topological polar surface area (TPSA) is 71.7 Å². The molecule has 0 spiro atoms. The Hall–Kier alpha value is -3.37. The van der Waals surface area contributed by atoms with E-state index in [1.54, 1.807) is 36.5 Å². The normalized spacial score (nSPS) is 10.6. The third kappa shape index (κ3) is 2.91. The van der Waals surface area contributed by atoms with E-state index in [-0.39, 0.29) is 11.5 Å². The highest BCUT2D eigenvalue weighted by Crippen LogP contribution is 2.33. The van der Waals surface area contributed by atoms with Gasteiger partial charge in [-0.05, 0) is 30.3 Å². The third-order valence-corrected chi connectivity index (χ3v) is 4.50. The summed E-state index contributed by atoms with van der Waals surface area (Å²) < 4.78 is 19.3. The molecule has 0 unspecified atom stereocenters. The smallest absolute Gasteiger partial charge is 0.165 e. The molecule has 4 rings (SSSR count). The quantitative estimate of drug-likeness (QED) is 0.543. The number of nitrogens with zero attached hydrogens (tertiary/aromatic N) is 4. The fraction of sp³-hybridized carbons (Fsp3) is 0. The number of rotatable bonds is 3. The van der Waals surface area contributed by atoms with Crippen LogP contribution in [0.25, 0.3) is 20.9 Å². The van der Waals surface area contributed by atoms with E-state index in [0.717, 1.165) is 15.4 Å². The molecule has 7 heteroatoms. The van der Waals surface area contributed by atoms with Crippen LogP contribution in [-0.4, -0.2) is 15.0 Å². The van der Waals surface area contributed by atoms with E-state index in [0.29, 0.717) is 11.1 Å². The number of halogens is 1. The maximum Gasteiger partial charge on any atom is 0.165 e. The summed E-state index contributed by atoms with van der Waals surface area (Å²) in [6.07, 6.45) is 3.11. The van der Waals surface area contributed by atoms with Crippen molar-refractivity contribution in [1.82, 2.24) is 15.0 Å². The number of benzene rings is 2. The van der Waals surface area contributed by atoms with E-state index in [2.05, 4.69) is 21.0 Å². The number of thiazole rings is 1. The Kier molecular flexibility index (Phi) is 3.80. The van der Waals surface area contributed by atoms with Crippen molar-refractivity contribution in [2.75, 3.05) is 0 Å².